The highest BCUT2D eigenvalue weighted by Crippen LogP contribution is 2.71. The van der Waals surface area contributed by atoms with E-state index in [0.29, 0.717) is 11.8 Å². The fourth-order valence-electron chi connectivity index (χ4n) is 3.83. The minimum Gasteiger partial charge on any atom is -0.286 e. The van der Waals surface area contributed by atoms with E-state index in [-0.39, 0.29) is 5.16 Å². The van der Waals surface area contributed by atoms with Crippen LogP contribution in [0.1, 0.15) is 86.0 Å². The van der Waals surface area contributed by atoms with Gasteiger partial charge in [-0.1, -0.05) is 57.7 Å². The minimum atomic E-state index is -2.60. The summed E-state index contributed by atoms with van der Waals surface area (Å²) in [6.45, 7) is 12.6. The molecule has 1 saturated heterocycles. The Morgan fingerprint density at radius 3 is 1.84 bits per heavy atom. The Hall–Kier alpha value is -0.280. The molecule has 1 aromatic carbocycles. The van der Waals surface area contributed by atoms with Gasteiger partial charge in [0.05, 0.1) is 0 Å². The highest BCUT2D eigenvalue weighted by atomic mass is 32.2. The van der Waals surface area contributed by atoms with Gasteiger partial charge in [0, 0.05) is 0 Å². The zero-order valence-electron chi connectivity index (χ0n) is 20.6. The van der Waals surface area contributed by atoms with E-state index in [9.17, 15) is 0 Å². The highest BCUT2D eigenvalue weighted by Gasteiger charge is 2.59. The molecule has 0 bridgehead atoms. The quantitative estimate of drug-likeness (QED) is 0.412. The lowest BCUT2D eigenvalue weighted by Gasteiger charge is -2.33. The van der Waals surface area contributed by atoms with E-state index >= 15 is 0 Å². The van der Waals surface area contributed by atoms with Crippen LogP contribution in [0.15, 0.2) is 30.3 Å². The Morgan fingerprint density at radius 1 is 0.871 bits per heavy atom. The van der Waals surface area contributed by atoms with Gasteiger partial charge in [-0.3, -0.25) is 4.52 Å². The molecule has 3 nitrogen and oxygen atoms in total. The van der Waals surface area contributed by atoms with Crippen molar-refractivity contribution in [2.45, 2.75) is 91.1 Å². The van der Waals surface area contributed by atoms with Crippen LogP contribution < -0.4 is 4.52 Å². The molecule has 0 saturated carbocycles. The zero-order chi connectivity index (χ0) is 22.6. The van der Waals surface area contributed by atoms with Gasteiger partial charge in [0.15, 0.2) is 10.9 Å². The van der Waals surface area contributed by atoms with Crippen LogP contribution >= 0.6 is 19.7 Å². The molecule has 1 fully saturated rings. The summed E-state index contributed by atoms with van der Waals surface area (Å²) < 4.78 is 20.2. The molecule has 2 rings (SSSR count). The lowest BCUT2D eigenvalue weighted by molar-refractivity contribution is 0.121. The van der Waals surface area contributed by atoms with Crippen molar-refractivity contribution in [1.29, 1.82) is 0 Å². The summed E-state index contributed by atoms with van der Waals surface area (Å²) in [6, 6.07) is 10.1. The minimum absolute atomic E-state index is 0.221. The third kappa shape index (κ3) is 9.24. The summed E-state index contributed by atoms with van der Waals surface area (Å²) in [5.41, 5.74) is 0. The fourth-order valence-corrected chi connectivity index (χ4v) is 7.29. The molecule has 1 heterocycles. The van der Waals surface area contributed by atoms with Crippen LogP contribution in [-0.2, 0) is 9.05 Å². The maximum atomic E-state index is 6.76. The van der Waals surface area contributed by atoms with Gasteiger partial charge in [0.25, 0.3) is 0 Å². The molecule has 1 aromatic rings. The smallest absolute Gasteiger partial charge is 0.286 e. The van der Waals surface area contributed by atoms with Crippen molar-refractivity contribution < 1.29 is 13.6 Å². The molecule has 5 heteroatoms. The number of hydrogen-bond donors (Lipinski definition) is 0. The second-order valence-electron chi connectivity index (χ2n) is 9.82. The summed E-state index contributed by atoms with van der Waals surface area (Å²) >= 11 is 2.13. The topological polar surface area (TPSA) is 27.7 Å². The van der Waals surface area contributed by atoms with Crippen molar-refractivity contribution in [2.24, 2.45) is 11.8 Å². The number of benzene rings is 1. The van der Waals surface area contributed by atoms with Crippen LogP contribution in [0.5, 0.6) is 5.75 Å². The maximum Gasteiger partial charge on any atom is 0.462 e. The van der Waals surface area contributed by atoms with E-state index in [1.165, 1.54) is 50.0 Å². The molecular weight excluding hydrogens is 423 g/mol. The van der Waals surface area contributed by atoms with Crippen molar-refractivity contribution in [3.63, 3.8) is 0 Å². The van der Waals surface area contributed by atoms with E-state index in [4.69, 9.17) is 13.6 Å². The number of para-hydroxylation sites is 1. The first-order valence-corrected chi connectivity index (χ1v) is 15.1. The first-order chi connectivity index (χ1) is 14.9. The second-order valence-corrected chi connectivity index (χ2v) is 14.1. The van der Waals surface area contributed by atoms with Crippen molar-refractivity contribution in [3.8, 4) is 5.75 Å². The maximum absolute atomic E-state index is 6.76. The highest BCUT2D eigenvalue weighted by molar-refractivity contribution is 7.99. The Bertz CT molecular complexity index is 568. The van der Waals surface area contributed by atoms with Crippen LogP contribution in [0.25, 0.3) is 0 Å². The van der Waals surface area contributed by atoms with E-state index in [1.54, 1.807) is 0 Å². The summed E-state index contributed by atoms with van der Waals surface area (Å²) in [5, 5.41) is -0.221. The van der Waals surface area contributed by atoms with E-state index < -0.39 is 7.94 Å². The van der Waals surface area contributed by atoms with Crippen molar-refractivity contribution in [2.75, 3.05) is 24.7 Å². The molecule has 31 heavy (non-hydrogen) atoms. The van der Waals surface area contributed by atoms with Crippen molar-refractivity contribution in [1.82, 2.24) is 0 Å². The van der Waals surface area contributed by atoms with Gasteiger partial charge < -0.3 is 0 Å². The van der Waals surface area contributed by atoms with Gasteiger partial charge in [-0.15, -0.1) is 0 Å². The molecule has 0 amide bonds. The molecule has 0 radical (unpaired) electrons. The summed E-state index contributed by atoms with van der Waals surface area (Å²) in [6.07, 6.45) is 9.93. The molecule has 0 aromatic heterocycles. The van der Waals surface area contributed by atoms with Gasteiger partial charge in [0.2, 0.25) is 0 Å². The summed E-state index contributed by atoms with van der Waals surface area (Å²) in [5.74, 6) is 4.56. The fraction of sp³-hybridized carbons (Fsp3) is 0.769. The molecule has 2 atom stereocenters. The predicted molar refractivity (Wildman–Crippen MR) is 138 cm³/mol. The molecule has 178 valence electrons. The number of hydrogen-bond acceptors (Lipinski definition) is 4. The molecule has 0 spiro atoms. The predicted octanol–water partition coefficient (Wildman–Crippen LogP) is 8.80. The van der Waals surface area contributed by atoms with E-state index in [0.717, 1.165) is 31.8 Å². The largest absolute Gasteiger partial charge is 0.462 e. The van der Waals surface area contributed by atoms with Crippen LogP contribution in [0, 0.1) is 11.8 Å². The van der Waals surface area contributed by atoms with Crippen LogP contribution in [0.3, 0.4) is 0 Å². The van der Waals surface area contributed by atoms with Gasteiger partial charge in [-0.05, 0) is 81.9 Å². The van der Waals surface area contributed by atoms with Gasteiger partial charge in [-0.2, -0.15) is 20.8 Å². The number of rotatable bonds is 4. The Balaban J connectivity index is 2.25. The molecular formula is C26H46O3PS+. The van der Waals surface area contributed by atoms with Gasteiger partial charge >= 0.3 is 7.94 Å². The number of thioether (sulfide) groups is 1. The lowest BCUT2D eigenvalue weighted by atomic mass is 10.0. The van der Waals surface area contributed by atoms with Crippen LogP contribution in [-0.4, -0.2) is 29.9 Å². The third-order valence-electron chi connectivity index (χ3n) is 6.21. The monoisotopic (exact) mass is 469 g/mol. The molecule has 2 unspecified atom stereocenters. The van der Waals surface area contributed by atoms with Crippen LogP contribution in [0.4, 0.5) is 0 Å². The third-order valence-corrected chi connectivity index (χ3v) is 10.4. The van der Waals surface area contributed by atoms with Gasteiger partial charge in [0.1, 0.15) is 13.2 Å². The lowest BCUT2D eigenvalue weighted by Crippen LogP contribution is -2.31. The molecule has 0 aliphatic carbocycles. The standard InChI is InChI=1S/C26H46O3PS/c1-6-23-15-11-13-19-31-20-14-12-16-24(7-2)22-28-30(27-21-23,26(3,4)5)29-25-17-9-8-10-18-25/h8-10,17-18,23-24H,6-7,11-16,19-22H2,1-5H3/q+1. The Kier molecular flexibility index (Phi) is 12.3. The molecule has 1 aliphatic rings. The first kappa shape index (κ1) is 27.0. The average molecular weight is 470 g/mol. The van der Waals surface area contributed by atoms with E-state index in [1.807, 2.05) is 30.3 Å². The SMILES string of the molecule is CCC1CCCCSCCCCC(CC)CO[P+](Oc2ccccc2)(C(C)(C)C)OC1. The van der Waals surface area contributed by atoms with Crippen molar-refractivity contribution >= 4 is 19.7 Å². The molecule has 1 aliphatic heterocycles. The summed E-state index contributed by atoms with van der Waals surface area (Å²) in [4.78, 5) is 0. The zero-order valence-corrected chi connectivity index (χ0v) is 22.3. The van der Waals surface area contributed by atoms with Crippen molar-refractivity contribution in [3.05, 3.63) is 30.3 Å². The Labute approximate surface area is 197 Å². The Morgan fingerprint density at radius 2 is 1.39 bits per heavy atom. The first-order valence-electron chi connectivity index (χ1n) is 12.4. The molecule has 0 N–H and O–H groups in total. The average Bonchev–Trinajstić information content (AvgIpc) is 2.75. The summed E-state index contributed by atoms with van der Waals surface area (Å²) in [7, 11) is -2.60. The normalized spacial score (nSPS) is 28.2. The van der Waals surface area contributed by atoms with E-state index in [2.05, 4.69) is 46.4 Å². The van der Waals surface area contributed by atoms with Crippen LogP contribution in [0.2, 0.25) is 0 Å². The second kappa shape index (κ2) is 14.1. The van der Waals surface area contributed by atoms with Gasteiger partial charge in [-0.25, -0.2) is 0 Å².